The second-order valence-corrected chi connectivity index (χ2v) is 11.0. The molecule has 6 heteroatoms. The van der Waals surface area contributed by atoms with Crippen LogP contribution in [0, 0.1) is 12.3 Å². The van der Waals surface area contributed by atoms with E-state index in [1.807, 2.05) is 37.3 Å². The van der Waals surface area contributed by atoms with E-state index in [2.05, 4.69) is 50.5 Å². The molecule has 2 bridgehead atoms. The van der Waals surface area contributed by atoms with Gasteiger partial charge >= 0.3 is 0 Å². The fourth-order valence-corrected chi connectivity index (χ4v) is 7.60. The number of hydrogen-bond donors (Lipinski definition) is 0. The lowest BCUT2D eigenvalue weighted by Crippen LogP contribution is -2.62. The van der Waals surface area contributed by atoms with E-state index in [0.717, 1.165) is 49.0 Å². The fourth-order valence-electron chi connectivity index (χ4n) is 7.60. The van der Waals surface area contributed by atoms with Crippen LogP contribution in [0.25, 0.3) is 11.0 Å². The Balaban J connectivity index is 1.40. The van der Waals surface area contributed by atoms with Gasteiger partial charge in [0.1, 0.15) is 12.4 Å². The molecule has 0 N–H and O–H groups in total. The molecule has 2 aromatic carbocycles. The number of imidazole rings is 1. The minimum absolute atomic E-state index is 0.000605. The van der Waals surface area contributed by atoms with Crippen molar-refractivity contribution < 1.29 is 9.59 Å². The average molecular weight is 471 g/mol. The molecule has 0 unspecified atom stereocenters. The van der Waals surface area contributed by atoms with Gasteiger partial charge in [-0.3, -0.25) is 9.59 Å². The summed E-state index contributed by atoms with van der Waals surface area (Å²) in [6.45, 7) is 6.30. The Morgan fingerprint density at radius 2 is 1.69 bits per heavy atom. The van der Waals surface area contributed by atoms with E-state index in [0.29, 0.717) is 0 Å². The summed E-state index contributed by atoms with van der Waals surface area (Å²) in [5, 5.41) is 0. The lowest BCUT2D eigenvalue weighted by atomic mass is 9.64. The predicted octanol–water partition coefficient (Wildman–Crippen LogP) is 4.35. The van der Waals surface area contributed by atoms with Crippen molar-refractivity contribution in [1.82, 2.24) is 19.4 Å². The van der Waals surface area contributed by atoms with E-state index in [1.54, 1.807) is 6.92 Å². The molecular weight excluding hydrogens is 436 g/mol. The van der Waals surface area contributed by atoms with Crippen molar-refractivity contribution >= 4 is 22.8 Å². The van der Waals surface area contributed by atoms with Crippen molar-refractivity contribution in [2.45, 2.75) is 83.6 Å². The number of likely N-dealkylation sites (tertiary alicyclic amines) is 2. The molecule has 6 nitrogen and oxygen atoms in total. The van der Waals surface area contributed by atoms with E-state index in [4.69, 9.17) is 0 Å². The largest absolute Gasteiger partial charge is 0.334 e. The third-order valence-electron chi connectivity index (χ3n) is 9.03. The van der Waals surface area contributed by atoms with Gasteiger partial charge in [0.15, 0.2) is 0 Å². The highest BCUT2D eigenvalue weighted by Gasteiger charge is 2.64. The van der Waals surface area contributed by atoms with E-state index in [-0.39, 0.29) is 47.9 Å². The first-order valence-corrected chi connectivity index (χ1v) is 12.9. The maximum Gasteiger partial charge on any atom is 0.243 e. The summed E-state index contributed by atoms with van der Waals surface area (Å²) in [4.78, 5) is 36.3. The second kappa shape index (κ2) is 8.21. The van der Waals surface area contributed by atoms with Crippen LogP contribution in [-0.2, 0) is 22.6 Å². The third-order valence-corrected chi connectivity index (χ3v) is 9.03. The quantitative estimate of drug-likeness (QED) is 0.570. The predicted molar refractivity (Wildman–Crippen MR) is 136 cm³/mol. The smallest absolute Gasteiger partial charge is 0.243 e. The van der Waals surface area contributed by atoms with E-state index < -0.39 is 0 Å². The van der Waals surface area contributed by atoms with Crippen LogP contribution in [-0.4, -0.2) is 55.3 Å². The summed E-state index contributed by atoms with van der Waals surface area (Å²) >= 11 is 0. The van der Waals surface area contributed by atoms with E-state index in [9.17, 15) is 9.59 Å². The molecule has 3 aromatic rings. The molecule has 0 spiro atoms. The van der Waals surface area contributed by atoms with Crippen molar-refractivity contribution in [3.05, 3.63) is 66.0 Å². The van der Waals surface area contributed by atoms with E-state index >= 15 is 0 Å². The molecule has 1 aromatic heterocycles. The second-order valence-electron chi connectivity index (χ2n) is 11.0. The van der Waals surface area contributed by atoms with Gasteiger partial charge in [-0.2, -0.15) is 0 Å². The molecule has 2 aliphatic heterocycles. The number of aryl methyl sites for hydroxylation is 1. The van der Waals surface area contributed by atoms with Crippen molar-refractivity contribution in [3.8, 4) is 0 Å². The Morgan fingerprint density at radius 3 is 2.43 bits per heavy atom. The fraction of sp³-hybridized carbons (Fsp3) is 0.483. The number of piperidine rings is 1. The Bertz CT molecular complexity index is 1280. The van der Waals surface area contributed by atoms with Crippen LogP contribution in [0.1, 0.15) is 50.9 Å². The van der Waals surface area contributed by atoms with Gasteiger partial charge in [-0.1, -0.05) is 49.4 Å². The van der Waals surface area contributed by atoms with Gasteiger partial charge in [0.2, 0.25) is 11.8 Å². The Hall–Kier alpha value is -3.15. The number of fused-ring (bicyclic) bond motifs is 2. The van der Waals surface area contributed by atoms with Crippen LogP contribution in [0.15, 0.2) is 54.6 Å². The SMILES string of the molecule is CC(=O)N1[C@@H](Cc2ccccc2)[C@@H]2C[C@@]3(C)[C@H](CCC[C@@H]13)N2C(=O)Cn1c(C)nc2ccccc21. The van der Waals surface area contributed by atoms with Crippen molar-refractivity contribution in [2.75, 3.05) is 0 Å². The number of amides is 2. The molecule has 2 saturated heterocycles. The van der Waals surface area contributed by atoms with Crippen LogP contribution in [0.5, 0.6) is 0 Å². The maximum atomic E-state index is 14.1. The molecule has 5 atom stereocenters. The topological polar surface area (TPSA) is 58.4 Å². The molecule has 6 rings (SSSR count). The Labute approximate surface area is 206 Å². The monoisotopic (exact) mass is 470 g/mol. The summed E-state index contributed by atoms with van der Waals surface area (Å²) in [6.07, 6.45) is 4.84. The lowest BCUT2D eigenvalue weighted by Gasteiger charge is -2.52. The maximum absolute atomic E-state index is 14.1. The number of rotatable bonds is 4. The first-order chi connectivity index (χ1) is 16.9. The van der Waals surface area contributed by atoms with Crippen LogP contribution in [0.3, 0.4) is 0 Å². The minimum Gasteiger partial charge on any atom is -0.334 e. The highest BCUT2D eigenvalue weighted by molar-refractivity contribution is 5.82. The van der Waals surface area contributed by atoms with Crippen LogP contribution < -0.4 is 0 Å². The van der Waals surface area contributed by atoms with Crippen LogP contribution in [0.2, 0.25) is 0 Å². The zero-order chi connectivity index (χ0) is 24.3. The number of carbonyl (C=O) groups is 2. The molecule has 1 saturated carbocycles. The molecule has 3 heterocycles. The number of hydrogen-bond acceptors (Lipinski definition) is 3. The van der Waals surface area contributed by atoms with Crippen LogP contribution in [0.4, 0.5) is 0 Å². The molecule has 3 aliphatic rings. The van der Waals surface area contributed by atoms with Gasteiger partial charge in [-0.15, -0.1) is 0 Å². The number of para-hydroxylation sites is 2. The number of aromatic nitrogens is 2. The molecular formula is C29H34N4O2. The summed E-state index contributed by atoms with van der Waals surface area (Å²) < 4.78 is 2.05. The Kier molecular flexibility index (Phi) is 5.24. The van der Waals surface area contributed by atoms with Gasteiger partial charge in [0.25, 0.3) is 0 Å². The van der Waals surface area contributed by atoms with Gasteiger partial charge in [0, 0.05) is 24.4 Å². The summed E-state index contributed by atoms with van der Waals surface area (Å²) in [6, 6.07) is 18.9. The zero-order valence-corrected chi connectivity index (χ0v) is 20.9. The number of benzene rings is 2. The first-order valence-electron chi connectivity index (χ1n) is 12.9. The van der Waals surface area contributed by atoms with Crippen LogP contribution >= 0.6 is 0 Å². The molecule has 1 aliphatic carbocycles. The third kappa shape index (κ3) is 3.40. The summed E-state index contributed by atoms with van der Waals surface area (Å²) in [5.41, 5.74) is 3.09. The van der Waals surface area contributed by atoms with E-state index in [1.165, 1.54) is 5.56 Å². The zero-order valence-electron chi connectivity index (χ0n) is 20.9. The molecule has 35 heavy (non-hydrogen) atoms. The lowest BCUT2D eigenvalue weighted by molar-refractivity contribution is -0.143. The van der Waals surface area contributed by atoms with Gasteiger partial charge in [-0.05, 0) is 56.7 Å². The Morgan fingerprint density at radius 1 is 1.00 bits per heavy atom. The van der Waals surface area contributed by atoms with Gasteiger partial charge in [0.05, 0.1) is 23.1 Å². The molecule has 182 valence electrons. The minimum atomic E-state index is -0.0521. The molecule has 0 radical (unpaired) electrons. The van der Waals surface area contributed by atoms with Gasteiger partial charge < -0.3 is 14.4 Å². The number of carbonyl (C=O) groups excluding carboxylic acids is 2. The molecule has 3 fully saturated rings. The van der Waals surface area contributed by atoms with Gasteiger partial charge in [-0.25, -0.2) is 4.98 Å². The van der Waals surface area contributed by atoms with Crippen molar-refractivity contribution in [1.29, 1.82) is 0 Å². The van der Waals surface area contributed by atoms with Crippen molar-refractivity contribution in [2.24, 2.45) is 5.41 Å². The average Bonchev–Trinajstić information content (AvgIpc) is 3.32. The highest BCUT2D eigenvalue weighted by atomic mass is 16.2. The standard InChI is InChI=1S/C29H34N4O2/c1-19-30-22-12-7-8-13-23(22)31(19)18-28(35)33-25-17-29(3)26(14-9-15-27(29)33)32(20(2)34)24(25)16-21-10-5-4-6-11-21/h4-8,10-13,24-27H,9,14-18H2,1-3H3/t24-,25-,26+,27-,29+/m0/s1. The first kappa shape index (κ1) is 22.3. The highest BCUT2D eigenvalue weighted by Crippen LogP contribution is 2.56. The normalized spacial score (nSPS) is 29.6. The number of nitrogens with zero attached hydrogens (tertiary/aromatic N) is 4. The summed E-state index contributed by atoms with van der Waals surface area (Å²) in [5.74, 6) is 1.15. The molecule has 2 amide bonds. The summed E-state index contributed by atoms with van der Waals surface area (Å²) in [7, 11) is 0. The van der Waals surface area contributed by atoms with Crippen molar-refractivity contribution in [3.63, 3.8) is 0 Å².